The van der Waals surface area contributed by atoms with E-state index in [0.717, 1.165) is 41.0 Å². The zero-order valence-electron chi connectivity index (χ0n) is 11.8. The minimum absolute atomic E-state index is 0.269. The molecule has 0 radical (unpaired) electrons. The van der Waals surface area contributed by atoms with Crippen molar-refractivity contribution in [3.05, 3.63) is 35.9 Å². The van der Waals surface area contributed by atoms with Crippen molar-refractivity contribution in [2.45, 2.75) is 25.4 Å². The van der Waals surface area contributed by atoms with Crippen LogP contribution in [-0.4, -0.2) is 33.3 Å². The summed E-state index contributed by atoms with van der Waals surface area (Å²) < 4.78 is 30.6. The molecule has 0 amide bonds. The van der Waals surface area contributed by atoms with Gasteiger partial charge in [-0.2, -0.15) is 0 Å². The second-order valence-electron chi connectivity index (χ2n) is 5.36. The van der Waals surface area contributed by atoms with Gasteiger partial charge in [-0.15, -0.1) is 0 Å². The number of fused-ring (bicyclic) bond motifs is 3. The quantitative estimate of drug-likeness (QED) is 0.744. The number of esters is 1. The molecule has 0 bridgehead atoms. The number of carbonyl (C=O) groups is 1. The summed E-state index contributed by atoms with van der Waals surface area (Å²) in [7, 11) is -3.54. The topological polar surface area (TPSA) is 63.7 Å². The third kappa shape index (κ3) is 2.68. The Morgan fingerprint density at radius 1 is 1.29 bits per heavy atom. The van der Waals surface area contributed by atoms with Gasteiger partial charge in [-0.3, -0.25) is 9.10 Å². The fraction of sp³-hybridized carbons (Fsp3) is 0.400. The van der Waals surface area contributed by atoms with E-state index in [1.165, 1.54) is 0 Å². The summed E-state index contributed by atoms with van der Waals surface area (Å²) in [6, 6.07) is 7.27. The predicted octanol–water partition coefficient (Wildman–Crippen LogP) is 1.95. The molecular weight excluding hydrogens is 290 g/mol. The molecule has 0 aromatic heterocycles. The summed E-state index contributed by atoms with van der Waals surface area (Å²) in [5.41, 5.74) is 2.30. The Hall–Kier alpha value is -1.82. The summed E-state index contributed by atoms with van der Waals surface area (Å²) >= 11 is 0. The van der Waals surface area contributed by atoms with E-state index in [4.69, 9.17) is 4.74 Å². The zero-order chi connectivity index (χ0) is 15.0. The molecule has 0 spiro atoms. The molecular formula is C15H17NO4S. The summed E-state index contributed by atoms with van der Waals surface area (Å²) in [4.78, 5) is 12.0. The molecule has 112 valence electrons. The van der Waals surface area contributed by atoms with Gasteiger partial charge in [0, 0.05) is 5.56 Å². The van der Waals surface area contributed by atoms with Crippen LogP contribution in [0.15, 0.2) is 30.3 Å². The van der Waals surface area contributed by atoms with Crippen LogP contribution in [0.25, 0.3) is 5.57 Å². The van der Waals surface area contributed by atoms with Gasteiger partial charge in [0.25, 0.3) is 0 Å². The molecule has 6 heteroatoms. The van der Waals surface area contributed by atoms with E-state index in [-0.39, 0.29) is 12.6 Å². The standard InChI is InChI=1S/C15H17NO4S/c1-21(18,19)16-10-15(17)20-14-9-5-3-7-12(14)11-6-2-4-8-13(11)16/h2,4,6-8,14H,3,5,9-10H2,1H3. The molecule has 1 unspecified atom stereocenters. The smallest absolute Gasteiger partial charge is 0.327 e. The monoisotopic (exact) mass is 307 g/mol. The van der Waals surface area contributed by atoms with Crippen LogP contribution in [0.1, 0.15) is 24.8 Å². The fourth-order valence-corrected chi connectivity index (χ4v) is 3.74. The SMILES string of the molecule is CS(=O)(=O)N1CC(=O)OC2CCCC=C2c2ccccc21. The van der Waals surface area contributed by atoms with E-state index in [1.54, 1.807) is 12.1 Å². The first-order valence-corrected chi connectivity index (χ1v) is 8.78. The van der Waals surface area contributed by atoms with Crippen LogP contribution >= 0.6 is 0 Å². The zero-order valence-corrected chi connectivity index (χ0v) is 12.6. The van der Waals surface area contributed by atoms with E-state index < -0.39 is 16.0 Å². The second kappa shape index (κ2) is 5.18. The van der Waals surface area contributed by atoms with Crippen LogP contribution < -0.4 is 4.31 Å². The molecule has 1 atom stereocenters. The summed E-state index contributed by atoms with van der Waals surface area (Å²) in [6.07, 6.45) is 5.55. The third-order valence-corrected chi connectivity index (χ3v) is 4.94. The van der Waals surface area contributed by atoms with E-state index in [9.17, 15) is 13.2 Å². The Morgan fingerprint density at radius 2 is 2.05 bits per heavy atom. The molecule has 2 aliphatic rings. The van der Waals surface area contributed by atoms with E-state index in [2.05, 4.69) is 0 Å². The maximum atomic E-state index is 12.0. The Balaban J connectivity index is 2.21. The average Bonchev–Trinajstić information content (AvgIpc) is 2.43. The average molecular weight is 307 g/mol. The first-order valence-electron chi connectivity index (χ1n) is 6.93. The lowest BCUT2D eigenvalue weighted by atomic mass is 9.89. The van der Waals surface area contributed by atoms with Gasteiger partial charge in [-0.1, -0.05) is 24.3 Å². The van der Waals surface area contributed by atoms with E-state index >= 15 is 0 Å². The highest BCUT2D eigenvalue weighted by Gasteiger charge is 2.32. The van der Waals surface area contributed by atoms with Crippen molar-refractivity contribution in [2.75, 3.05) is 17.1 Å². The van der Waals surface area contributed by atoms with Gasteiger partial charge in [-0.25, -0.2) is 8.42 Å². The molecule has 0 N–H and O–H groups in total. The van der Waals surface area contributed by atoms with Crippen molar-refractivity contribution in [3.63, 3.8) is 0 Å². The fourth-order valence-electron chi connectivity index (χ4n) is 2.88. The van der Waals surface area contributed by atoms with Crippen LogP contribution in [0.3, 0.4) is 0 Å². The molecule has 1 heterocycles. The van der Waals surface area contributed by atoms with Crippen molar-refractivity contribution in [3.8, 4) is 0 Å². The lowest BCUT2D eigenvalue weighted by Crippen LogP contribution is -2.40. The maximum Gasteiger partial charge on any atom is 0.327 e. The number of anilines is 1. The third-order valence-electron chi connectivity index (χ3n) is 3.81. The second-order valence-corrected chi connectivity index (χ2v) is 7.26. The van der Waals surface area contributed by atoms with Crippen LogP contribution in [0.2, 0.25) is 0 Å². The molecule has 0 saturated heterocycles. The number of rotatable bonds is 1. The lowest BCUT2D eigenvalue weighted by Gasteiger charge is -2.32. The first-order chi connectivity index (χ1) is 9.97. The number of benzene rings is 1. The highest BCUT2D eigenvalue weighted by atomic mass is 32.2. The highest BCUT2D eigenvalue weighted by Crippen LogP contribution is 2.37. The van der Waals surface area contributed by atoms with Crippen LogP contribution in [-0.2, 0) is 19.6 Å². The minimum atomic E-state index is -3.54. The van der Waals surface area contributed by atoms with E-state index in [0.29, 0.717) is 5.69 Å². The van der Waals surface area contributed by atoms with Crippen LogP contribution in [0.5, 0.6) is 0 Å². The van der Waals surface area contributed by atoms with Crippen LogP contribution in [0, 0.1) is 0 Å². The first kappa shape index (κ1) is 14.1. The number of ether oxygens (including phenoxy) is 1. The molecule has 21 heavy (non-hydrogen) atoms. The summed E-state index contributed by atoms with van der Waals surface area (Å²) in [6.45, 7) is -0.278. The predicted molar refractivity (Wildman–Crippen MR) is 80.3 cm³/mol. The Kier molecular flexibility index (Phi) is 3.49. The highest BCUT2D eigenvalue weighted by molar-refractivity contribution is 7.92. The van der Waals surface area contributed by atoms with E-state index in [1.807, 2.05) is 18.2 Å². The number of carbonyl (C=O) groups excluding carboxylic acids is 1. The van der Waals surface area contributed by atoms with Crippen LogP contribution in [0.4, 0.5) is 5.69 Å². The Bertz CT molecular complexity index is 708. The molecule has 0 saturated carbocycles. The van der Waals surface area contributed by atoms with Crippen molar-refractivity contribution < 1.29 is 17.9 Å². The lowest BCUT2D eigenvalue weighted by molar-refractivity contribution is -0.145. The van der Waals surface area contributed by atoms with Gasteiger partial charge in [0.05, 0.1) is 11.9 Å². The number of nitrogens with zero attached hydrogens (tertiary/aromatic N) is 1. The molecule has 1 aromatic carbocycles. The van der Waals surface area contributed by atoms with Gasteiger partial charge in [-0.05, 0) is 30.9 Å². The van der Waals surface area contributed by atoms with Gasteiger partial charge in [0.1, 0.15) is 12.6 Å². The van der Waals surface area contributed by atoms with Gasteiger partial charge < -0.3 is 4.74 Å². The molecule has 1 aliphatic carbocycles. The number of hydrogen-bond acceptors (Lipinski definition) is 4. The van der Waals surface area contributed by atoms with Gasteiger partial charge in [0.2, 0.25) is 10.0 Å². The molecule has 5 nitrogen and oxygen atoms in total. The molecule has 3 rings (SSSR count). The molecule has 1 aromatic rings. The van der Waals surface area contributed by atoms with Crippen molar-refractivity contribution in [1.82, 2.24) is 0 Å². The van der Waals surface area contributed by atoms with Crippen molar-refractivity contribution in [2.24, 2.45) is 0 Å². The number of para-hydroxylation sites is 1. The normalized spacial score (nSPS) is 22.3. The van der Waals surface area contributed by atoms with Crippen molar-refractivity contribution in [1.29, 1.82) is 0 Å². The summed E-state index contributed by atoms with van der Waals surface area (Å²) in [5.74, 6) is -0.507. The summed E-state index contributed by atoms with van der Waals surface area (Å²) in [5, 5.41) is 0. The minimum Gasteiger partial charge on any atom is -0.456 e. The van der Waals surface area contributed by atoms with Crippen molar-refractivity contribution >= 4 is 27.3 Å². The van der Waals surface area contributed by atoms with Gasteiger partial charge >= 0.3 is 5.97 Å². The number of allylic oxidation sites excluding steroid dienone is 1. The number of sulfonamides is 1. The van der Waals surface area contributed by atoms with Gasteiger partial charge in [0.15, 0.2) is 0 Å². The number of hydrogen-bond donors (Lipinski definition) is 0. The Morgan fingerprint density at radius 3 is 2.81 bits per heavy atom. The Labute approximate surface area is 124 Å². The largest absolute Gasteiger partial charge is 0.456 e. The maximum absolute atomic E-state index is 12.0. The molecule has 0 fully saturated rings. The molecule has 1 aliphatic heterocycles.